The molecule has 6 nitrogen and oxygen atoms in total. The predicted molar refractivity (Wildman–Crippen MR) is 103 cm³/mol. The molecule has 0 atom stereocenters. The lowest BCUT2D eigenvalue weighted by molar-refractivity contribution is 0.102. The van der Waals surface area contributed by atoms with Gasteiger partial charge in [0.2, 0.25) is 0 Å². The van der Waals surface area contributed by atoms with Crippen molar-refractivity contribution in [1.29, 1.82) is 0 Å². The third kappa shape index (κ3) is 4.00. The van der Waals surface area contributed by atoms with Gasteiger partial charge in [0.25, 0.3) is 5.91 Å². The summed E-state index contributed by atoms with van der Waals surface area (Å²) in [6.07, 6.45) is 9.63. The van der Waals surface area contributed by atoms with Crippen LogP contribution in [0.15, 0.2) is 49.2 Å². The second kappa shape index (κ2) is 7.80. The summed E-state index contributed by atoms with van der Waals surface area (Å²) in [6.45, 7) is 2.85. The number of aromatic nitrogens is 3. The largest absolute Gasteiger partial charge is 0.333 e. The van der Waals surface area contributed by atoms with Gasteiger partial charge in [-0.25, -0.2) is 9.97 Å². The Bertz CT molecular complexity index is 850. The number of nitrogens with zero attached hydrogens (tertiary/aromatic N) is 3. The summed E-state index contributed by atoms with van der Waals surface area (Å²) < 4.78 is 1.99. The third-order valence-electron chi connectivity index (χ3n) is 4.63. The summed E-state index contributed by atoms with van der Waals surface area (Å²) >= 11 is 1.59. The molecule has 134 valence electrons. The van der Waals surface area contributed by atoms with Gasteiger partial charge < -0.3 is 9.88 Å². The van der Waals surface area contributed by atoms with Gasteiger partial charge in [0.15, 0.2) is 5.13 Å². The lowest BCUT2D eigenvalue weighted by Gasteiger charge is -2.20. The molecule has 7 heteroatoms. The van der Waals surface area contributed by atoms with Crippen molar-refractivity contribution in [2.24, 2.45) is 0 Å². The first-order chi connectivity index (χ1) is 12.8. The van der Waals surface area contributed by atoms with E-state index in [4.69, 9.17) is 0 Å². The first kappa shape index (κ1) is 16.9. The molecular formula is C19H21N5OS. The Morgan fingerprint density at radius 2 is 2.08 bits per heavy atom. The number of thiazole rings is 1. The highest BCUT2D eigenvalue weighted by Gasteiger charge is 2.18. The van der Waals surface area contributed by atoms with Gasteiger partial charge in [0.05, 0.1) is 6.33 Å². The quantitative estimate of drug-likeness (QED) is 0.727. The van der Waals surface area contributed by atoms with Gasteiger partial charge in [-0.3, -0.25) is 10.1 Å². The number of piperidine rings is 1. The highest BCUT2D eigenvalue weighted by molar-refractivity contribution is 7.15. The number of carbonyl (C=O) groups is 1. The van der Waals surface area contributed by atoms with Gasteiger partial charge in [-0.2, -0.15) is 0 Å². The van der Waals surface area contributed by atoms with Gasteiger partial charge >= 0.3 is 0 Å². The minimum absolute atomic E-state index is 0.120. The highest BCUT2D eigenvalue weighted by Crippen LogP contribution is 2.31. The summed E-state index contributed by atoms with van der Waals surface area (Å²) in [5, 5.41) is 6.97. The van der Waals surface area contributed by atoms with Crippen LogP contribution in [0.25, 0.3) is 0 Å². The fraction of sp³-hybridized carbons (Fsp3) is 0.316. The van der Waals surface area contributed by atoms with Gasteiger partial charge in [0.1, 0.15) is 0 Å². The molecule has 1 aromatic carbocycles. The zero-order chi connectivity index (χ0) is 17.8. The molecule has 1 aliphatic rings. The van der Waals surface area contributed by atoms with E-state index in [0.29, 0.717) is 16.6 Å². The van der Waals surface area contributed by atoms with E-state index in [0.717, 1.165) is 38.0 Å². The second-order valence-electron chi connectivity index (χ2n) is 6.48. The number of rotatable bonds is 5. The van der Waals surface area contributed by atoms with Crippen LogP contribution in [0.2, 0.25) is 0 Å². The molecule has 2 N–H and O–H groups in total. The fourth-order valence-corrected chi connectivity index (χ4v) is 4.14. The number of benzene rings is 1. The maximum Gasteiger partial charge on any atom is 0.257 e. The van der Waals surface area contributed by atoms with Gasteiger partial charge in [-0.15, -0.1) is 11.3 Å². The van der Waals surface area contributed by atoms with Gasteiger partial charge in [-0.05, 0) is 49.5 Å². The van der Waals surface area contributed by atoms with Crippen LogP contribution in [0.5, 0.6) is 0 Å². The Labute approximate surface area is 156 Å². The maximum atomic E-state index is 12.5. The van der Waals surface area contributed by atoms with Crippen molar-refractivity contribution in [1.82, 2.24) is 19.9 Å². The van der Waals surface area contributed by atoms with Crippen LogP contribution in [-0.4, -0.2) is 33.5 Å². The highest BCUT2D eigenvalue weighted by atomic mass is 32.1. The molecule has 3 heterocycles. The van der Waals surface area contributed by atoms with Gasteiger partial charge in [-0.1, -0.05) is 12.1 Å². The van der Waals surface area contributed by atoms with E-state index < -0.39 is 0 Å². The Hall–Kier alpha value is -2.51. The van der Waals surface area contributed by atoms with Crippen molar-refractivity contribution in [2.45, 2.75) is 25.3 Å². The number of hydrogen-bond acceptors (Lipinski definition) is 5. The summed E-state index contributed by atoms with van der Waals surface area (Å²) in [5.41, 5.74) is 1.76. The van der Waals surface area contributed by atoms with Crippen molar-refractivity contribution in [3.63, 3.8) is 0 Å². The minimum Gasteiger partial charge on any atom is -0.333 e. The molecule has 0 saturated carbocycles. The Kier molecular flexibility index (Phi) is 5.08. The number of anilines is 1. The van der Waals surface area contributed by atoms with Crippen LogP contribution in [0.1, 0.15) is 39.6 Å². The van der Waals surface area contributed by atoms with Crippen LogP contribution in [0.4, 0.5) is 5.13 Å². The van der Waals surface area contributed by atoms with Crippen LogP contribution >= 0.6 is 11.3 Å². The Morgan fingerprint density at radius 3 is 2.81 bits per heavy atom. The maximum absolute atomic E-state index is 12.5. The number of amides is 1. The molecule has 0 aliphatic carbocycles. The van der Waals surface area contributed by atoms with E-state index in [1.807, 2.05) is 41.2 Å². The molecule has 0 unspecified atom stereocenters. The van der Waals surface area contributed by atoms with E-state index in [-0.39, 0.29) is 5.91 Å². The molecule has 4 rings (SSSR count). The lowest BCUT2D eigenvalue weighted by Crippen LogP contribution is -2.26. The summed E-state index contributed by atoms with van der Waals surface area (Å²) in [7, 11) is 0. The molecule has 26 heavy (non-hydrogen) atoms. The average Bonchev–Trinajstić information content (AvgIpc) is 3.35. The first-order valence-corrected chi connectivity index (χ1v) is 9.62. The summed E-state index contributed by atoms with van der Waals surface area (Å²) in [6, 6.07) is 7.64. The topological polar surface area (TPSA) is 71.8 Å². The number of nitrogens with one attached hydrogen (secondary N) is 2. The van der Waals surface area contributed by atoms with Crippen LogP contribution < -0.4 is 10.6 Å². The predicted octanol–water partition coefficient (Wildman–Crippen LogP) is 3.11. The Balaban J connectivity index is 1.37. The molecule has 1 amide bonds. The number of carbonyl (C=O) groups excluding carboxylic acids is 1. The monoisotopic (exact) mass is 367 g/mol. The molecule has 1 aliphatic heterocycles. The first-order valence-electron chi connectivity index (χ1n) is 8.80. The van der Waals surface area contributed by atoms with E-state index in [1.54, 1.807) is 23.9 Å². The van der Waals surface area contributed by atoms with Crippen molar-refractivity contribution in [2.75, 3.05) is 18.4 Å². The zero-order valence-electron chi connectivity index (χ0n) is 14.4. The molecule has 1 fully saturated rings. The molecule has 0 bridgehead atoms. The van der Waals surface area contributed by atoms with Crippen molar-refractivity contribution in [3.8, 4) is 0 Å². The molecule has 0 spiro atoms. The lowest BCUT2D eigenvalue weighted by atomic mass is 9.97. The Morgan fingerprint density at radius 1 is 1.27 bits per heavy atom. The number of hydrogen-bond donors (Lipinski definition) is 2. The standard InChI is InChI=1S/C19H21N5OS/c25-18(16-3-1-14(2-4-16)12-24-10-9-21-13-24)23-19-22-11-17(26-19)15-5-7-20-8-6-15/h1-4,9-11,13,15,20H,5-8,12H2,(H,22,23,25). The molecule has 0 radical (unpaired) electrons. The minimum atomic E-state index is -0.120. The van der Waals surface area contributed by atoms with Crippen molar-refractivity contribution >= 4 is 22.4 Å². The van der Waals surface area contributed by atoms with Crippen LogP contribution in [0.3, 0.4) is 0 Å². The summed E-state index contributed by atoms with van der Waals surface area (Å²) in [5.74, 6) is 0.437. The van der Waals surface area contributed by atoms with Crippen molar-refractivity contribution in [3.05, 3.63) is 65.2 Å². The van der Waals surface area contributed by atoms with Crippen molar-refractivity contribution < 1.29 is 4.79 Å². The third-order valence-corrected chi connectivity index (χ3v) is 5.70. The van der Waals surface area contributed by atoms with Gasteiger partial charge in [0, 0.05) is 35.6 Å². The molecule has 1 saturated heterocycles. The summed E-state index contributed by atoms with van der Waals surface area (Å²) in [4.78, 5) is 22.1. The van der Waals surface area contributed by atoms with Crippen LogP contribution in [0, 0.1) is 0 Å². The molecular weight excluding hydrogens is 346 g/mol. The van der Waals surface area contributed by atoms with E-state index in [9.17, 15) is 4.79 Å². The second-order valence-corrected chi connectivity index (χ2v) is 7.54. The van der Waals surface area contributed by atoms with E-state index >= 15 is 0 Å². The fourth-order valence-electron chi connectivity index (χ4n) is 3.16. The normalized spacial score (nSPS) is 15.1. The molecule has 3 aromatic rings. The number of imidazole rings is 1. The smallest absolute Gasteiger partial charge is 0.257 e. The van der Waals surface area contributed by atoms with E-state index in [1.165, 1.54) is 4.88 Å². The molecule has 2 aromatic heterocycles. The van der Waals surface area contributed by atoms with Crippen LogP contribution in [-0.2, 0) is 6.54 Å². The zero-order valence-corrected chi connectivity index (χ0v) is 15.2. The van der Waals surface area contributed by atoms with E-state index in [2.05, 4.69) is 20.6 Å². The SMILES string of the molecule is O=C(Nc1ncc(C2CCNCC2)s1)c1ccc(Cn2ccnc2)cc1. The average molecular weight is 367 g/mol.